The maximum atomic E-state index is 4.40. The fourth-order valence-corrected chi connectivity index (χ4v) is 2.86. The van der Waals surface area contributed by atoms with E-state index in [0.717, 1.165) is 17.1 Å². The maximum absolute atomic E-state index is 4.40. The Hall–Kier alpha value is -2.29. The summed E-state index contributed by atoms with van der Waals surface area (Å²) in [5, 5.41) is 7.09. The van der Waals surface area contributed by atoms with Crippen molar-refractivity contribution in [1.82, 2.24) is 5.32 Å². The molecule has 1 atom stereocenters. The summed E-state index contributed by atoms with van der Waals surface area (Å²) in [5.41, 5.74) is 4.89. The van der Waals surface area contributed by atoms with Gasteiger partial charge in [0.05, 0.1) is 0 Å². The van der Waals surface area contributed by atoms with Gasteiger partial charge in [-0.1, -0.05) is 50.2 Å². The molecule has 0 amide bonds. The van der Waals surface area contributed by atoms with Gasteiger partial charge in [-0.3, -0.25) is 4.99 Å². The van der Waals surface area contributed by atoms with Crippen molar-refractivity contribution in [3.8, 4) is 0 Å². The van der Waals surface area contributed by atoms with Gasteiger partial charge in [-0.15, -0.1) is 0 Å². The summed E-state index contributed by atoms with van der Waals surface area (Å²) in [4.78, 5) is 4.40. The van der Waals surface area contributed by atoms with Crippen molar-refractivity contribution in [2.75, 3.05) is 12.4 Å². The topological polar surface area (TPSA) is 36.4 Å². The number of amidine groups is 1. The Morgan fingerprint density at radius 2 is 1.67 bits per heavy atom. The number of rotatable bonds is 2. The number of benzene rings is 2. The predicted molar refractivity (Wildman–Crippen MR) is 88.9 cm³/mol. The van der Waals surface area contributed by atoms with Crippen LogP contribution in [0.15, 0.2) is 53.5 Å². The molecule has 108 valence electrons. The van der Waals surface area contributed by atoms with Crippen LogP contribution in [0.2, 0.25) is 0 Å². The Bertz CT molecular complexity index is 674. The van der Waals surface area contributed by atoms with E-state index in [1.54, 1.807) is 0 Å². The first kappa shape index (κ1) is 13.7. The molecule has 2 aromatic carbocycles. The van der Waals surface area contributed by atoms with Gasteiger partial charge in [-0.2, -0.15) is 0 Å². The number of anilines is 1. The van der Waals surface area contributed by atoms with Gasteiger partial charge in [0.1, 0.15) is 12.0 Å². The molecule has 1 unspecified atom stereocenters. The lowest BCUT2D eigenvalue weighted by atomic mass is 9.94. The summed E-state index contributed by atoms with van der Waals surface area (Å²) < 4.78 is 0. The van der Waals surface area contributed by atoms with Crippen molar-refractivity contribution in [3.05, 3.63) is 65.2 Å². The molecule has 0 saturated carbocycles. The molecule has 0 fully saturated rings. The summed E-state index contributed by atoms with van der Waals surface area (Å²) in [6, 6.07) is 16.9. The second-order valence-corrected chi connectivity index (χ2v) is 5.62. The first-order chi connectivity index (χ1) is 10.2. The van der Waals surface area contributed by atoms with Crippen LogP contribution in [0.25, 0.3) is 0 Å². The highest BCUT2D eigenvalue weighted by Crippen LogP contribution is 2.30. The molecular weight excluding hydrogens is 258 g/mol. The molecule has 0 bridgehead atoms. The van der Waals surface area contributed by atoms with Gasteiger partial charge in [0.2, 0.25) is 0 Å². The fourth-order valence-electron chi connectivity index (χ4n) is 2.86. The van der Waals surface area contributed by atoms with Gasteiger partial charge in [-0.05, 0) is 29.2 Å². The summed E-state index contributed by atoms with van der Waals surface area (Å²) in [6.07, 6.45) is 0.0530. The average Bonchev–Trinajstić information content (AvgIpc) is 2.53. The van der Waals surface area contributed by atoms with Gasteiger partial charge in [0, 0.05) is 18.3 Å². The van der Waals surface area contributed by atoms with E-state index in [1.807, 2.05) is 13.1 Å². The molecule has 0 aliphatic carbocycles. The van der Waals surface area contributed by atoms with Crippen molar-refractivity contribution in [3.63, 3.8) is 0 Å². The van der Waals surface area contributed by atoms with Crippen molar-refractivity contribution in [1.29, 1.82) is 0 Å². The van der Waals surface area contributed by atoms with E-state index in [9.17, 15) is 0 Å². The SMILES string of the molecule is CN=C1NC(c2ccccc2C(C)C)Nc2ccccc21. The zero-order chi connectivity index (χ0) is 14.8. The molecule has 21 heavy (non-hydrogen) atoms. The van der Waals surface area contributed by atoms with Gasteiger partial charge in [0.15, 0.2) is 0 Å². The highest BCUT2D eigenvalue weighted by molar-refractivity contribution is 6.05. The highest BCUT2D eigenvalue weighted by atomic mass is 15.2. The number of hydrogen-bond donors (Lipinski definition) is 2. The second kappa shape index (κ2) is 5.60. The Morgan fingerprint density at radius 3 is 2.43 bits per heavy atom. The average molecular weight is 279 g/mol. The molecule has 3 heteroatoms. The maximum Gasteiger partial charge on any atom is 0.131 e. The molecule has 1 aliphatic heterocycles. The largest absolute Gasteiger partial charge is 0.361 e. The Labute approximate surface area is 126 Å². The van der Waals surface area contributed by atoms with E-state index in [-0.39, 0.29) is 6.17 Å². The lowest BCUT2D eigenvalue weighted by molar-refractivity contribution is 0.696. The van der Waals surface area contributed by atoms with Crippen LogP contribution in [-0.4, -0.2) is 12.9 Å². The summed E-state index contributed by atoms with van der Waals surface area (Å²) >= 11 is 0. The summed E-state index contributed by atoms with van der Waals surface area (Å²) in [6.45, 7) is 4.45. The molecule has 2 N–H and O–H groups in total. The van der Waals surface area contributed by atoms with Crippen molar-refractivity contribution in [2.24, 2.45) is 4.99 Å². The Morgan fingerprint density at radius 1 is 0.952 bits per heavy atom. The third-order valence-corrected chi connectivity index (χ3v) is 3.92. The summed E-state index contributed by atoms with van der Waals surface area (Å²) in [5.74, 6) is 1.43. The molecule has 1 heterocycles. The lowest BCUT2D eigenvalue weighted by Gasteiger charge is -2.32. The van der Waals surface area contributed by atoms with E-state index < -0.39 is 0 Å². The van der Waals surface area contributed by atoms with Gasteiger partial charge >= 0.3 is 0 Å². The molecule has 0 spiro atoms. The number of nitrogens with one attached hydrogen (secondary N) is 2. The van der Waals surface area contributed by atoms with Crippen LogP contribution < -0.4 is 10.6 Å². The summed E-state index contributed by atoms with van der Waals surface area (Å²) in [7, 11) is 1.83. The van der Waals surface area contributed by atoms with Crippen LogP contribution in [0.1, 0.15) is 42.6 Å². The molecular formula is C18H21N3. The van der Waals surface area contributed by atoms with Crippen LogP contribution >= 0.6 is 0 Å². The number of para-hydroxylation sites is 1. The quantitative estimate of drug-likeness (QED) is 0.874. The fraction of sp³-hybridized carbons (Fsp3) is 0.278. The van der Waals surface area contributed by atoms with Gasteiger partial charge in [0.25, 0.3) is 0 Å². The molecule has 0 radical (unpaired) electrons. The van der Waals surface area contributed by atoms with Crippen LogP contribution in [0.4, 0.5) is 5.69 Å². The van der Waals surface area contributed by atoms with Crippen molar-refractivity contribution >= 4 is 11.5 Å². The third-order valence-electron chi connectivity index (χ3n) is 3.92. The van der Waals surface area contributed by atoms with E-state index in [2.05, 4.69) is 71.9 Å². The lowest BCUT2D eigenvalue weighted by Crippen LogP contribution is -2.39. The monoisotopic (exact) mass is 279 g/mol. The highest BCUT2D eigenvalue weighted by Gasteiger charge is 2.24. The number of nitrogens with zero attached hydrogens (tertiary/aromatic N) is 1. The van der Waals surface area contributed by atoms with Crippen LogP contribution in [0.3, 0.4) is 0 Å². The van der Waals surface area contributed by atoms with E-state index in [4.69, 9.17) is 0 Å². The standard InChI is InChI=1S/C18H21N3/c1-12(2)13-8-4-5-9-14(13)18-20-16-11-7-6-10-15(16)17(19-3)21-18/h4-12,18,20H,1-3H3,(H,19,21). The van der Waals surface area contributed by atoms with Crippen LogP contribution in [0.5, 0.6) is 0 Å². The predicted octanol–water partition coefficient (Wildman–Crippen LogP) is 3.90. The molecule has 3 rings (SSSR count). The minimum atomic E-state index is 0.0530. The number of aliphatic imine (C=N–C) groups is 1. The second-order valence-electron chi connectivity index (χ2n) is 5.62. The molecule has 0 saturated heterocycles. The molecule has 0 aromatic heterocycles. The first-order valence-corrected chi connectivity index (χ1v) is 7.38. The molecule has 3 nitrogen and oxygen atoms in total. The smallest absolute Gasteiger partial charge is 0.131 e. The zero-order valence-corrected chi connectivity index (χ0v) is 12.7. The van der Waals surface area contributed by atoms with Gasteiger partial charge < -0.3 is 10.6 Å². The van der Waals surface area contributed by atoms with Crippen molar-refractivity contribution < 1.29 is 0 Å². The van der Waals surface area contributed by atoms with Crippen LogP contribution in [-0.2, 0) is 0 Å². The Balaban J connectivity index is 2.03. The molecule has 2 aromatic rings. The van der Waals surface area contributed by atoms with Gasteiger partial charge in [-0.25, -0.2) is 0 Å². The van der Waals surface area contributed by atoms with E-state index >= 15 is 0 Å². The number of fused-ring (bicyclic) bond motifs is 1. The van der Waals surface area contributed by atoms with E-state index in [0.29, 0.717) is 5.92 Å². The minimum absolute atomic E-state index is 0.0530. The van der Waals surface area contributed by atoms with E-state index in [1.165, 1.54) is 11.1 Å². The normalized spacial score (nSPS) is 19.0. The van der Waals surface area contributed by atoms with Crippen molar-refractivity contribution in [2.45, 2.75) is 25.9 Å². The number of hydrogen-bond acceptors (Lipinski definition) is 2. The third kappa shape index (κ3) is 2.51. The minimum Gasteiger partial charge on any atom is -0.361 e. The first-order valence-electron chi connectivity index (χ1n) is 7.38. The zero-order valence-electron chi connectivity index (χ0n) is 12.7. The van der Waals surface area contributed by atoms with Crippen LogP contribution in [0, 0.1) is 0 Å². The Kier molecular flexibility index (Phi) is 3.65. The molecule has 1 aliphatic rings.